The molecule has 2 unspecified atom stereocenters. The van der Waals surface area contributed by atoms with Gasteiger partial charge < -0.3 is 40.3 Å². The molecule has 44 heavy (non-hydrogen) atoms. The SMILES string of the molecule is O=C(O)C(O)C(O)C(=O)O.O=C1c2ccccc2CN1[C@@H]1CC[C@@]2(O)[C@H]3Cc4ccc(O)c5c4[C@@]2(CCN3CC2CC2)[C@H]1O5. The van der Waals surface area contributed by atoms with Gasteiger partial charge in [-0.3, -0.25) is 9.69 Å². The van der Waals surface area contributed by atoms with Crippen LogP contribution in [-0.4, -0.2) is 107 Å². The van der Waals surface area contributed by atoms with Gasteiger partial charge in [0.15, 0.2) is 23.7 Å². The zero-order valence-electron chi connectivity index (χ0n) is 24.0. The van der Waals surface area contributed by atoms with Crippen molar-refractivity contribution in [2.75, 3.05) is 13.1 Å². The number of hydrogen-bond donors (Lipinski definition) is 6. The molecular formula is C32H36N2O10. The zero-order valence-corrected chi connectivity index (χ0v) is 24.0. The molecule has 0 aromatic heterocycles. The van der Waals surface area contributed by atoms with Crippen molar-refractivity contribution in [2.45, 2.75) is 86.5 Å². The number of ether oxygens (including phenoxy) is 1. The summed E-state index contributed by atoms with van der Waals surface area (Å²) in [7, 11) is 0. The number of carbonyl (C=O) groups is 3. The highest BCUT2D eigenvalue weighted by atomic mass is 16.5. The van der Waals surface area contributed by atoms with E-state index in [2.05, 4.69) is 4.90 Å². The molecule has 3 heterocycles. The van der Waals surface area contributed by atoms with E-state index in [9.17, 15) is 24.6 Å². The van der Waals surface area contributed by atoms with Crippen LogP contribution in [0.1, 0.15) is 59.2 Å². The fourth-order valence-corrected chi connectivity index (χ4v) is 8.59. The fraction of sp³-hybridized carbons (Fsp3) is 0.531. The van der Waals surface area contributed by atoms with Crippen LogP contribution in [0.25, 0.3) is 0 Å². The van der Waals surface area contributed by atoms with Crippen molar-refractivity contribution in [3.63, 3.8) is 0 Å². The second-order valence-electron chi connectivity index (χ2n) is 13.1. The zero-order chi connectivity index (χ0) is 31.1. The number of carbonyl (C=O) groups excluding carboxylic acids is 1. The minimum atomic E-state index is -2.27. The van der Waals surface area contributed by atoms with Crippen molar-refractivity contribution in [3.8, 4) is 11.5 Å². The predicted molar refractivity (Wildman–Crippen MR) is 152 cm³/mol. The van der Waals surface area contributed by atoms with Crippen LogP contribution in [0.3, 0.4) is 0 Å². The number of carboxylic acid groups (broad SMARTS) is 2. The lowest BCUT2D eigenvalue weighted by atomic mass is 9.48. The summed E-state index contributed by atoms with van der Waals surface area (Å²) in [5, 5.41) is 55.9. The number of aliphatic hydroxyl groups is 3. The maximum absolute atomic E-state index is 13.5. The minimum Gasteiger partial charge on any atom is -0.504 e. The number of aliphatic hydroxyl groups excluding tert-OH is 2. The molecule has 3 aliphatic heterocycles. The van der Waals surface area contributed by atoms with Gasteiger partial charge >= 0.3 is 11.9 Å². The van der Waals surface area contributed by atoms with Gasteiger partial charge in [-0.2, -0.15) is 0 Å². The van der Waals surface area contributed by atoms with Gasteiger partial charge in [-0.1, -0.05) is 24.3 Å². The fourth-order valence-electron chi connectivity index (χ4n) is 8.59. The third-order valence-electron chi connectivity index (χ3n) is 10.8. The van der Waals surface area contributed by atoms with Crippen LogP contribution < -0.4 is 4.74 Å². The number of phenols is 1. The first-order chi connectivity index (χ1) is 21.0. The van der Waals surface area contributed by atoms with Crippen LogP contribution in [0, 0.1) is 5.92 Å². The molecule has 234 valence electrons. The maximum atomic E-state index is 13.5. The quantitative estimate of drug-likeness (QED) is 0.273. The number of aromatic hydroxyl groups is 1. The van der Waals surface area contributed by atoms with E-state index in [1.165, 1.54) is 18.4 Å². The summed E-state index contributed by atoms with van der Waals surface area (Å²) in [6, 6.07) is 11.6. The number of rotatable bonds is 6. The Bertz CT molecular complexity index is 1520. The standard InChI is InChI=1S/C28H30N2O4.C4H6O6/c31-21-8-7-17-13-22-28(33)10-9-20(30-15-18-3-1-2-4-19(18)26(30)32)25-27(28,23(17)24(21)34-25)11-12-29(22)14-16-5-6-16;5-1(3(7)8)2(6)4(9)10/h1-4,7-8,16,20,22,25,31,33H,5-6,9-15H2;1-2,5-6H,(H,7,8)(H,9,10)/t20-,22-,25+,27+,28-;/m1./s1. The van der Waals surface area contributed by atoms with Gasteiger partial charge in [-0.05, 0) is 74.2 Å². The van der Waals surface area contributed by atoms with Crippen LogP contribution in [0.15, 0.2) is 36.4 Å². The Kier molecular flexibility index (Phi) is 6.70. The largest absolute Gasteiger partial charge is 0.504 e. The molecular weight excluding hydrogens is 572 g/mol. The van der Waals surface area contributed by atoms with Gasteiger partial charge in [-0.25, -0.2) is 9.59 Å². The number of piperidine rings is 1. The van der Waals surface area contributed by atoms with Crippen LogP contribution in [0.2, 0.25) is 0 Å². The average Bonchev–Trinajstić information content (AvgIpc) is 3.66. The number of likely N-dealkylation sites (tertiary alicyclic amines) is 1. The highest BCUT2D eigenvalue weighted by molar-refractivity contribution is 5.98. The van der Waals surface area contributed by atoms with Gasteiger partial charge in [0.25, 0.3) is 5.91 Å². The first-order valence-electron chi connectivity index (χ1n) is 15.2. The molecule has 1 spiro atoms. The number of aliphatic carboxylic acids is 2. The lowest BCUT2D eigenvalue weighted by Crippen LogP contribution is -2.78. The highest BCUT2D eigenvalue weighted by Crippen LogP contribution is 2.66. The number of benzene rings is 2. The molecule has 2 aromatic rings. The van der Waals surface area contributed by atoms with Gasteiger partial charge in [0, 0.05) is 30.3 Å². The number of phenolic OH excluding ortho intramolecular Hbond substituents is 1. The van der Waals surface area contributed by atoms with Crippen molar-refractivity contribution in [1.82, 2.24) is 9.80 Å². The first-order valence-corrected chi connectivity index (χ1v) is 15.2. The molecule has 2 bridgehead atoms. The summed E-state index contributed by atoms with van der Waals surface area (Å²) >= 11 is 0. The Balaban J connectivity index is 0.000000273. The van der Waals surface area contributed by atoms with E-state index in [1.807, 2.05) is 35.2 Å². The van der Waals surface area contributed by atoms with E-state index >= 15 is 0 Å². The summed E-state index contributed by atoms with van der Waals surface area (Å²) in [5.41, 5.74) is 2.56. The van der Waals surface area contributed by atoms with E-state index in [0.29, 0.717) is 25.1 Å². The number of carboxylic acids is 2. The topological polar surface area (TPSA) is 188 Å². The lowest BCUT2D eigenvalue weighted by molar-refractivity contribution is -0.198. The summed E-state index contributed by atoms with van der Waals surface area (Å²) in [6.07, 6.45) is 0.667. The van der Waals surface area contributed by atoms with Crippen molar-refractivity contribution in [1.29, 1.82) is 0 Å². The summed E-state index contributed by atoms with van der Waals surface area (Å²) < 4.78 is 6.65. The Morgan fingerprint density at radius 3 is 2.34 bits per heavy atom. The van der Waals surface area contributed by atoms with Gasteiger partial charge in [0.2, 0.25) is 0 Å². The molecule has 7 atom stereocenters. The lowest BCUT2D eigenvalue weighted by Gasteiger charge is -2.64. The van der Waals surface area contributed by atoms with Crippen molar-refractivity contribution >= 4 is 17.8 Å². The number of hydrogen-bond acceptors (Lipinski definition) is 9. The second kappa shape index (κ2) is 10.2. The van der Waals surface area contributed by atoms with Gasteiger partial charge in [0.1, 0.15) is 6.10 Å². The van der Waals surface area contributed by atoms with E-state index in [1.54, 1.807) is 6.07 Å². The second-order valence-corrected chi connectivity index (χ2v) is 13.1. The molecule has 6 aliphatic rings. The summed E-state index contributed by atoms with van der Waals surface area (Å²) in [4.78, 5) is 37.5. The molecule has 0 radical (unpaired) electrons. The average molecular weight is 609 g/mol. The summed E-state index contributed by atoms with van der Waals surface area (Å²) in [5.74, 6) is -2.01. The van der Waals surface area contributed by atoms with E-state index in [4.69, 9.17) is 25.2 Å². The monoisotopic (exact) mass is 608 g/mol. The third-order valence-corrected chi connectivity index (χ3v) is 10.8. The molecule has 3 fully saturated rings. The molecule has 2 saturated carbocycles. The van der Waals surface area contributed by atoms with E-state index in [0.717, 1.165) is 48.5 Å². The number of nitrogens with zero attached hydrogens (tertiary/aromatic N) is 2. The Hall–Kier alpha value is -3.71. The molecule has 12 heteroatoms. The van der Waals surface area contributed by atoms with Crippen LogP contribution in [-0.2, 0) is 28.0 Å². The third kappa shape index (κ3) is 4.08. The normalized spacial score (nSPS) is 32.5. The smallest absolute Gasteiger partial charge is 0.335 e. The number of fused-ring (bicyclic) bond motifs is 1. The minimum absolute atomic E-state index is 0.0587. The van der Waals surface area contributed by atoms with Crippen molar-refractivity contribution < 1.29 is 49.8 Å². The molecule has 1 amide bonds. The molecule has 8 rings (SSSR count). The maximum Gasteiger partial charge on any atom is 0.335 e. The molecule has 6 N–H and O–H groups in total. The Morgan fingerprint density at radius 2 is 1.68 bits per heavy atom. The van der Waals surface area contributed by atoms with Crippen molar-refractivity contribution in [2.24, 2.45) is 5.92 Å². The highest BCUT2D eigenvalue weighted by Gasteiger charge is 2.73. The number of amides is 1. The molecule has 12 nitrogen and oxygen atoms in total. The molecule has 3 aliphatic carbocycles. The molecule has 2 aromatic carbocycles. The Labute approximate surface area is 253 Å². The first kappa shape index (κ1) is 29.0. The van der Waals surface area contributed by atoms with E-state index < -0.39 is 35.2 Å². The Morgan fingerprint density at radius 1 is 0.977 bits per heavy atom. The van der Waals surface area contributed by atoms with Gasteiger partial charge in [0.05, 0.1) is 17.1 Å². The van der Waals surface area contributed by atoms with Crippen LogP contribution in [0.4, 0.5) is 0 Å². The molecule has 1 saturated heterocycles. The predicted octanol–water partition coefficient (Wildman–Crippen LogP) is 0.858. The van der Waals surface area contributed by atoms with E-state index in [-0.39, 0.29) is 29.8 Å². The van der Waals surface area contributed by atoms with Crippen molar-refractivity contribution in [3.05, 3.63) is 58.7 Å². The van der Waals surface area contributed by atoms with Gasteiger partial charge in [-0.15, -0.1) is 0 Å². The van der Waals surface area contributed by atoms with Crippen LogP contribution >= 0.6 is 0 Å². The summed E-state index contributed by atoms with van der Waals surface area (Å²) in [6.45, 7) is 2.58. The van der Waals surface area contributed by atoms with Crippen LogP contribution in [0.5, 0.6) is 11.5 Å².